The predicted octanol–water partition coefficient (Wildman–Crippen LogP) is 6.94. The van der Waals surface area contributed by atoms with E-state index in [0.29, 0.717) is 39.1 Å². The number of nitrogens with zero attached hydrogens (tertiary/aromatic N) is 2. The van der Waals surface area contributed by atoms with Crippen LogP contribution in [0, 0.1) is 6.92 Å². The van der Waals surface area contributed by atoms with Crippen LogP contribution in [0.3, 0.4) is 0 Å². The molecule has 0 bridgehead atoms. The molecule has 2 heterocycles. The highest BCUT2D eigenvalue weighted by Crippen LogP contribution is 2.37. The van der Waals surface area contributed by atoms with Gasteiger partial charge in [0.05, 0.1) is 28.6 Å². The fourth-order valence-corrected chi connectivity index (χ4v) is 6.29. The monoisotopic (exact) mass is 541 g/mol. The molecule has 0 aliphatic carbocycles. The second kappa shape index (κ2) is 11.2. The van der Waals surface area contributed by atoms with Crippen LogP contribution in [-0.2, 0) is 4.79 Å². The molecular formula is C30H27N3O3S2. The van der Waals surface area contributed by atoms with Gasteiger partial charge in [0.1, 0.15) is 10.6 Å². The van der Waals surface area contributed by atoms with Gasteiger partial charge in [0.2, 0.25) is 5.91 Å². The van der Waals surface area contributed by atoms with E-state index in [0.717, 1.165) is 16.0 Å². The molecule has 6 nitrogen and oxygen atoms in total. The van der Waals surface area contributed by atoms with E-state index in [1.165, 1.54) is 23.1 Å². The lowest BCUT2D eigenvalue weighted by Gasteiger charge is -2.17. The molecule has 1 unspecified atom stereocenters. The predicted molar refractivity (Wildman–Crippen MR) is 157 cm³/mol. The number of thioether (sulfide) groups is 1. The normalized spacial score (nSPS) is 11.9. The number of fused-ring (bicyclic) bond motifs is 1. The number of hydrogen-bond acceptors (Lipinski definition) is 6. The molecule has 8 heteroatoms. The van der Waals surface area contributed by atoms with Crippen molar-refractivity contribution in [3.63, 3.8) is 0 Å². The van der Waals surface area contributed by atoms with E-state index in [1.54, 1.807) is 4.57 Å². The molecule has 38 heavy (non-hydrogen) atoms. The van der Waals surface area contributed by atoms with Crippen molar-refractivity contribution >= 4 is 44.9 Å². The van der Waals surface area contributed by atoms with Crippen molar-refractivity contribution in [1.82, 2.24) is 9.55 Å². The summed E-state index contributed by atoms with van der Waals surface area (Å²) in [6.45, 7) is 6.22. The number of aromatic nitrogens is 2. The highest BCUT2D eigenvalue weighted by Gasteiger charge is 2.24. The Balaban J connectivity index is 1.57. The zero-order chi connectivity index (χ0) is 26.6. The number of aryl methyl sites for hydroxylation is 1. The van der Waals surface area contributed by atoms with E-state index < -0.39 is 5.25 Å². The Morgan fingerprint density at radius 3 is 2.39 bits per heavy atom. The number of benzene rings is 3. The van der Waals surface area contributed by atoms with Crippen molar-refractivity contribution in [2.45, 2.75) is 31.2 Å². The Kier molecular flexibility index (Phi) is 7.62. The standard InChI is InChI=1S/C30H27N3O3S2/c1-4-36-24-18-12-11-17-23(24)31-27(34)20(3)38-30-32-28-26(29(35)33(30)22-15-9-6-10-16-22)25(19(2)37-28)21-13-7-5-8-14-21/h5-18,20H,4H2,1-3H3,(H,31,34). The van der Waals surface area contributed by atoms with Crippen molar-refractivity contribution in [3.8, 4) is 22.6 Å². The van der Waals surface area contributed by atoms with Crippen molar-refractivity contribution in [1.29, 1.82) is 0 Å². The fourth-order valence-electron chi connectivity index (χ4n) is 4.28. The summed E-state index contributed by atoms with van der Waals surface area (Å²) in [4.78, 5) is 34.0. The highest BCUT2D eigenvalue weighted by atomic mass is 32.2. The topological polar surface area (TPSA) is 73.2 Å². The van der Waals surface area contributed by atoms with Gasteiger partial charge in [-0.15, -0.1) is 11.3 Å². The van der Waals surface area contributed by atoms with Crippen LogP contribution in [0.4, 0.5) is 5.69 Å². The van der Waals surface area contributed by atoms with E-state index in [2.05, 4.69) is 5.32 Å². The van der Waals surface area contributed by atoms with Gasteiger partial charge in [-0.1, -0.05) is 72.4 Å². The lowest BCUT2D eigenvalue weighted by atomic mass is 10.0. The minimum Gasteiger partial charge on any atom is -0.492 e. The van der Waals surface area contributed by atoms with Crippen molar-refractivity contribution in [2.75, 3.05) is 11.9 Å². The van der Waals surface area contributed by atoms with Gasteiger partial charge in [-0.25, -0.2) is 4.98 Å². The summed E-state index contributed by atoms with van der Waals surface area (Å²) in [7, 11) is 0. The Labute approximate surface area is 229 Å². The number of rotatable bonds is 8. The van der Waals surface area contributed by atoms with Crippen LogP contribution >= 0.6 is 23.1 Å². The number of anilines is 1. The molecular weight excluding hydrogens is 514 g/mol. The molecule has 0 radical (unpaired) electrons. The summed E-state index contributed by atoms with van der Waals surface area (Å²) in [5.74, 6) is 0.409. The first-order chi connectivity index (χ1) is 18.5. The molecule has 0 saturated heterocycles. The molecule has 1 atom stereocenters. The van der Waals surface area contributed by atoms with E-state index in [1.807, 2.05) is 106 Å². The number of amides is 1. The highest BCUT2D eigenvalue weighted by molar-refractivity contribution is 8.00. The Morgan fingerprint density at radius 2 is 1.68 bits per heavy atom. The lowest BCUT2D eigenvalue weighted by Crippen LogP contribution is -2.26. The maximum absolute atomic E-state index is 14.1. The second-order valence-electron chi connectivity index (χ2n) is 8.63. The van der Waals surface area contributed by atoms with E-state index in [9.17, 15) is 9.59 Å². The molecule has 1 N–H and O–H groups in total. The van der Waals surface area contributed by atoms with Crippen LogP contribution in [0.15, 0.2) is 94.9 Å². The molecule has 0 aliphatic rings. The minimum absolute atomic E-state index is 0.152. The first kappa shape index (κ1) is 25.8. The van der Waals surface area contributed by atoms with Crippen LogP contribution in [0.2, 0.25) is 0 Å². The Bertz CT molecular complexity index is 1650. The Morgan fingerprint density at radius 1 is 1.03 bits per heavy atom. The average Bonchev–Trinajstić information content (AvgIpc) is 3.27. The van der Waals surface area contributed by atoms with E-state index >= 15 is 0 Å². The van der Waals surface area contributed by atoms with Crippen molar-refractivity contribution < 1.29 is 9.53 Å². The fraction of sp³-hybridized carbons (Fsp3) is 0.167. The van der Waals surface area contributed by atoms with Gasteiger partial charge < -0.3 is 10.1 Å². The number of para-hydroxylation sites is 3. The number of thiophene rings is 1. The summed E-state index contributed by atoms with van der Waals surface area (Å²) in [6.07, 6.45) is 0. The molecule has 0 spiro atoms. The van der Waals surface area contributed by atoms with Gasteiger partial charge >= 0.3 is 0 Å². The van der Waals surface area contributed by atoms with Crippen LogP contribution in [0.5, 0.6) is 5.75 Å². The van der Waals surface area contributed by atoms with E-state index in [4.69, 9.17) is 9.72 Å². The van der Waals surface area contributed by atoms with Gasteiger partial charge in [-0.2, -0.15) is 0 Å². The average molecular weight is 542 g/mol. The Hall–Kier alpha value is -3.88. The zero-order valence-corrected chi connectivity index (χ0v) is 22.9. The summed E-state index contributed by atoms with van der Waals surface area (Å²) in [5.41, 5.74) is 3.04. The quantitative estimate of drug-likeness (QED) is 0.170. The van der Waals surface area contributed by atoms with Crippen molar-refractivity contribution in [2.24, 2.45) is 0 Å². The number of hydrogen-bond donors (Lipinski definition) is 1. The first-order valence-corrected chi connectivity index (χ1v) is 14.0. The van der Waals surface area contributed by atoms with Gasteiger partial charge in [0.25, 0.3) is 5.56 Å². The summed E-state index contributed by atoms with van der Waals surface area (Å²) in [6, 6.07) is 26.7. The number of carbonyl (C=O) groups is 1. The number of ether oxygens (including phenoxy) is 1. The zero-order valence-electron chi connectivity index (χ0n) is 21.3. The van der Waals surface area contributed by atoms with Crippen LogP contribution < -0.4 is 15.6 Å². The first-order valence-electron chi connectivity index (χ1n) is 12.3. The van der Waals surface area contributed by atoms with Crippen molar-refractivity contribution in [3.05, 3.63) is 100 Å². The second-order valence-corrected chi connectivity index (χ2v) is 11.1. The molecule has 0 fully saturated rings. The molecule has 5 rings (SSSR count). The molecule has 0 saturated carbocycles. The maximum atomic E-state index is 14.1. The molecule has 0 aliphatic heterocycles. The molecule has 3 aromatic carbocycles. The summed E-state index contributed by atoms with van der Waals surface area (Å²) < 4.78 is 7.26. The summed E-state index contributed by atoms with van der Waals surface area (Å²) >= 11 is 2.75. The van der Waals surface area contributed by atoms with Gasteiger partial charge in [0, 0.05) is 10.4 Å². The third kappa shape index (κ3) is 5.10. The smallest absolute Gasteiger partial charge is 0.268 e. The largest absolute Gasteiger partial charge is 0.492 e. The minimum atomic E-state index is -0.529. The molecule has 1 amide bonds. The van der Waals surface area contributed by atoms with Crippen LogP contribution in [0.25, 0.3) is 27.0 Å². The maximum Gasteiger partial charge on any atom is 0.268 e. The number of nitrogens with one attached hydrogen (secondary N) is 1. The lowest BCUT2D eigenvalue weighted by molar-refractivity contribution is -0.115. The SMILES string of the molecule is CCOc1ccccc1NC(=O)C(C)Sc1nc2sc(C)c(-c3ccccc3)c2c(=O)n1-c1ccccc1. The summed E-state index contributed by atoms with van der Waals surface area (Å²) in [5, 5.41) is 3.49. The molecule has 5 aromatic rings. The van der Waals surface area contributed by atoms with Crippen LogP contribution in [0.1, 0.15) is 18.7 Å². The van der Waals surface area contributed by atoms with Gasteiger partial charge in [0.15, 0.2) is 5.16 Å². The van der Waals surface area contributed by atoms with E-state index in [-0.39, 0.29) is 11.5 Å². The van der Waals surface area contributed by atoms with Gasteiger partial charge in [-0.05, 0) is 50.6 Å². The molecule has 2 aromatic heterocycles. The number of carbonyl (C=O) groups excluding carboxylic acids is 1. The molecule has 192 valence electrons. The third-order valence-electron chi connectivity index (χ3n) is 6.04. The third-order valence-corrected chi connectivity index (χ3v) is 8.10. The van der Waals surface area contributed by atoms with Crippen LogP contribution in [-0.4, -0.2) is 27.3 Å². The van der Waals surface area contributed by atoms with Gasteiger partial charge in [-0.3, -0.25) is 14.2 Å².